The topological polar surface area (TPSA) is 65.2 Å². The highest BCUT2D eigenvalue weighted by atomic mass is 127. The molecule has 0 spiro atoms. The molecule has 0 unspecified atom stereocenters. The molecule has 0 aliphatic rings. The predicted molar refractivity (Wildman–Crippen MR) is 52.7 cm³/mol. The van der Waals surface area contributed by atoms with Gasteiger partial charge in [-0.3, -0.25) is 0 Å². The summed E-state index contributed by atoms with van der Waals surface area (Å²) < 4.78 is 5.35. The van der Waals surface area contributed by atoms with Gasteiger partial charge in [0.2, 0.25) is 0 Å². The number of halogens is 1. The fourth-order valence-electron chi connectivity index (χ4n) is 0.726. The first-order valence-corrected chi connectivity index (χ1v) is 4.22. The van der Waals surface area contributed by atoms with E-state index in [1.807, 2.05) is 0 Å². The Labute approximate surface area is 83.3 Å². The molecule has 0 fully saturated rings. The average Bonchev–Trinajstić information content (AvgIpc) is 2.01. The molecular formula is C7H7IN2O2. The van der Waals surface area contributed by atoms with Crippen LogP contribution in [-0.2, 0) is 4.74 Å². The fraction of sp³-hybridized carbons (Fsp3) is 0.143. The number of hydrogen-bond acceptors (Lipinski definition) is 4. The van der Waals surface area contributed by atoms with Crippen LogP contribution in [-0.4, -0.2) is 18.1 Å². The highest BCUT2D eigenvalue weighted by Gasteiger charge is 2.07. The molecule has 0 radical (unpaired) electrons. The van der Waals surface area contributed by atoms with E-state index in [9.17, 15) is 4.79 Å². The van der Waals surface area contributed by atoms with Gasteiger partial charge in [0, 0.05) is 3.57 Å². The minimum Gasteiger partial charge on any atom is -0.464 e. The monoisotopic (exact) mass is 278 g/mol. The van der Waals surface area contributed by atoms with Crippen molar-refractivity contribution in [3.05, 3.63) is 21.4 Å². The van der Waals surface area contributed by atoms with Gasteiger partial charge in [0.25, 0.3) is 0 Å². The van der Waals surface area contributed by atoms with Crippen molar-refractivity contribution in [1.29, 1.82) is 0 Å². The first-order valence-electron chi connectivity index (χ1n) is 3.15. The predicted octanol–water partition coefficient (Wildman–Crippen LogP) is 1.05. The summed E-state index contributed by atoms with van der Waals surface area (Å²) in [7, 11) is 1.31. The quantitative estimate of drug-likeness (QED) is 0.616. The summed E-state index contributed by atoms with van der Waals surface area (Å²) in [6.45, 7) is 0. The van der Waals surface area contributed by atoms with E-state index < -0.39 is 5.97 Å². The summed E-state index contributed by atoms with van der Waals surface area (Å²) in [6.07, 6.45) is 0. The van der Waals surface area contributed by atoms with Gasteiger partial charge in [-0.1, -0.05) is 0 Å². The van der Waals surface area contributed by atoms with Crippen molar-refractivity contribution in [3.8, 4) is 0 Å². The van der Waals surface area contributed by atoms with Crippen LogP contribution in [0.4, 0.5) is 5.82 Å². The van der Waals surface area contributed by atoms with Crippen molar-refractivity contribution >= 4 is 34.4 Å². The van der Waals surface area contributed by atoms with E-state index >= 15 is 0 Å². The van der Waals surface area contributed by atoms with Crippen molar-refractivity contribution < 1.29 is 9.53 Å². The maximum Gasteiger partial charge on any atom is 0.356 e. The van der Waals surface area contributed by atoms with Crippen molar-refractivity contribution in [3.63, 3.8) is 0 Å². The van der Waals surface area contributed by atoms with Crippen LogP contribution in [0.25, 0.3) is 0 Å². The van der Waals surface area contributed by atoms with Gasteiger partial charge in [0.15, 0.2) is 5.69 Å². The third kappa shape index (κ3) is 2.07. The molecule has 1 aromatic heterocycles. The van der Waals surface area contributed by atoms with Crippen LogP contribution >= 0.6 is 22.6 Å². The number of esters is 1. The van der Waals surface area contributed by atoms with Crippen LogP contribution in [0.3, 0.4) is 0 Å². The summed E-state index contributed by atoms with van der Waals surface area (Å²) in [5.41, 5.74) is 5.67. The molecule has 5 heteroatoms. The minimum atomic E-state index is -0.472. The average molecular weight is 278 g/mol. The Morgan fingerprint density at radius 1 is 1.67 bits per heavy atom. The second-order valence-electron chi connectivity index (χ2n) is 2.09. The molecule has 0 atom stereocenters. The molecule has 0 aliphatic carbocycles. The van der Waals surface area contributed by atoms with Gasteiger partial charge in [0.05, 0.1) is 7.11 Å². The molecule has 2 N–H and O–H groups in total. The van der Waals surface area contributed by atoms with Gasteiger partial charge in [-0.2, -0.15) is 0 Å². The summed E-state index contributed by atoms with van der Waals surface area (Å²) >= 11 is 2.05. The lowest BCUT2D eigenvalue weighted by Gasteiger charge is -1.99. The number of aromatic nitrogens is 1. The number of methoxy groups -OCH3 is 1. The van der Waals surface area contributed by atoms with E-state index in [-0.39, 0.29) is 5.69 Å². The van der Waals surface area contributed by atoms with Gasteiger partial charge in [-0.05, 0) is 34.7 Å². The summed E-state index contributed by atoms with van der Waals surface area (Å²) in [5, 5.41) is 0. The Morgan fingerprint density at radius 3 is 2.83 bits per heavy atom. The maximum atomic E-state index is 11.0. The van der Waals surface area contributed by atoms with E-state index in [4.69, 9.17) is 5.73 Å². The van der Waals surface area contributed by atoms with E-state index in [0.717, 1.165) is 3.57 Å². The Morgan fingerprint density at radius 2 is 2.33 bits per heavy atom. The fourth-order valence-corrected chi connectivity index (χ4v) is 1.34. The lowest BCUT2D eigenvalue weighted by atomic mass is 10.3. The summed E-state index contributed by atoms with van der Waals surface area (Å²) in [4.78, 5) is 14.8. The SMILES string of the molecule is COC(=O)c1cc(I)cc(N)n1. The highest BCUT2D eigenvalue weighted by molar-refractivity contribution is 14.1. The van der Waals surface area contributed by atoms with Crippen LogP contribution in [0.5, 0.6) is 0 Å². The number of rotatable bonds is 1. The summed E-state index contributed by atoms with van der Waals surface area (Å²) in [6, 6.07) is 3.29. The molecule has 0 saturated carbocycles. The number of nitrogens with zero attached hydrogens (tertiary/aromatic N) is 1. The second-order valence-corrected chi connectivity index (χ2v) is 3.33. The van der Waals surface area contributed by atoms with E-state index in [1.54, 1.807) is 12.1 Å². The Balaban J connectivity index is 3.08. The Bertz CT molecular complexity index is 294. The molecule has 0 aliphatic heterocycles. The van der Waals surface area contributed by atoms with Crippen molar-refractivity contribution in [2.75, 3.05) is 12.8 Å². The third-order valence-corrected chi connectivity index (χ3v) is 1.83. The molecule has 0 saturated heterocycles. The zero-order valence-electron chi connectivity index (χ0n) is 6.37. The van der Waals surface area contributed by atoms with Gasteiger partial charge >= 0.3 is 5.97 Å². The molecule has 0 amide bonds. The third-order valence-electron chi connectivity index (χ3n) is 1.20. The standard InChI is InChI=1S/C7H7IN2O2/c1-12-7(11)5-2-4(8)3-6(9)10-5/h2-3H,1H3,(H2,9,10). The number of ether oxygens (including phenoxy) is 1. The first kappa shape index (κ1) is 9.24. The molecule has 1 aromatic rings. The largest absolute Gasteiger partial charge is 0.464 e. The van der Waals surface area contributed by atoms with Gasteiger partial charge < -0.3 is 10.5 Å². The molecule has 0 bridgehead atoms. The van der Waals surface area contributed by atoms with Crippen molar-refractivity contribution in [2.24, 2.45) is 0 Å². The van der Waals surface area contributed by atoms with Crippen LogP contribution in [0.2, 0.25) is 0 Å². The molecule has 1 heterocycles. The normalized spacial score (nSPS) is 9.50. The number of carbonyl (C=O) groups is 1. The van der Waals surface area contributed by atoms with Crippen LogP contribution in [0, 0.1) is 3.57 Å². The smallest absolute Gasteiger partial charge is 0.356 e. The van der Waals surface area contributed by atoms with E-state index in [2.05, 4.69) is 32.3 Å². The zero-order chi connectivity index (χ0) is 9.14. The number of hydrogen-bond donors (Lipinski definition) is 1. The second kappa shape index (κ2) is 3.70. The van der Waals surface area contributed by atoms with Crippen molar-refractivity contribution in [2.45, 2.75) is 0 Å². The molecule has 1 rings (SSSR count). The maximum absolute atomic E-state index is 11.0. The van der Waals surface area contributed by atoms with Gasteiger partial charge in [-0.15, -0.1) is 0 Å². The number of anilines is 1. The van der Waals surface area contributed by atoms with Gasteiger partial charge in [-0.25, -0.2) is 9.78 Å². The van der Waals surface area contributed by atoms with E-state index in [0.29, 0.717) is 5.82 Å². The Kier molecular flexibility index (Phi) is 2.85. The van der Waals surface area contributed by atoms with Crippen LogP contribution in [0.1, 0.15) is 10.5 Å². The number of nitrogen functional groups attached to an aromatic ring is 1. The summed E-state index contributed by atoms with van der Waals surface area (Å²) in [5.74, 6) is -0.150. The molecule has 12 heavy (non-hydrogen) atoms. The molecule has 4 nitrogen and oxygen atoms in total. The first-order chi connectivity index (χ1) is 5.63. The minimum absolute atomic E-state index is 0.238. The zero-order valence-corrected chi connectivity index (χ0v) is 8.53. The Hall–Kier alpha value is -0.850. The van der Waals surface area contributed by atoms with Crippen LogP contribution in [0.15, 0.2) is 12.1 Å². The number of nitrogens with two attached hydrogens (primary N) is 1. The molecule has 64 valence electrons. The molecular weight excluding hydrogens is 271 g/mol. The van der Waals surface area contributed by atoms with Crippen molar-refractivity contribution in [1.82, 2.24) is 4.98 Å². The number of carbonyl (C=O) groups excluding carboxylic acids is 1. The van der Waals surface area contributed by atoms with E-state index in [1.165, 1.54) is 7.11 Å². The van der Waals surface area contributed by atoms with Gasteiger partial charge in [0.1, 0.15) is 5.82 Å². The van der Waals surface area contributed by atoms with Crippen LogP contribution < -0.4 is 5.73 Å². The lowest BCUT2D eigenvalue weighted by molar-refractivity contribution is 0.0594. The lowest BCUT2D eigenvalue weighted by Crippen LogP contribution is -2.06. The highest BCUT2D eigenvalue weighted by Crippen LogP contribution is 2.10. The molecule has 0 aromatic carbocycles. The number of pyridine rings is 1.